The number of nitrogens with one attached hydrogen (secondary N) is 2. The number of aromatic nitrogens is 1. The summed E-state index contributed by atoms with van der Waals surface area (Å²) in [6, 6.07) is 12.7. The van der Waals surface area contributed by atoms with Gasteiger partial charge in [0.15, 0.2) is 5.96 Å². The normalized spacial score (nSPS) is 10.9. The zero-order chi connectivity index (χ0) is 14.9. The first kappa shape index (κ1) is 18.5. The van der Waals surface area contributed by atoms with Crippen molar-refractivity contribution in [3.63, 3.8) is 0 Å². The second-order valence-electron chi connectivity index (χ2n) is 5.13. The molecule has 0 unspecified atom stereocenters. The molecule has 120 valence electrons. The highest BCUT2D eigenvalue weighted by molar-refractivity contribution is 14.0. The van der Waals surface area contributed by atoms with Gasteiger partial charge in [-0.05, 0) is 30.0 Å². The molecule has 0 aliphatic carbocycles. The minimum absolute atomic E-state index is 0. The Hall–Kier alpha value is -1.50. The maximum Gasteiger partial charge on any atom is 0.191 e. The van der Waals surface area contributed by atoms with Gasteiger partial charge in [-0.15, -0.1) is 24.0 Å². The van der Waals surface area contributed by atoms with Crippen LogP contribution in [0.5, 0.6) is 0 Å². The molecule has 2 N–H and O–H groups in total. The Morgan fingerprint density at radius 3 is 2.50 bits per heavy atom. The molecule has 5 heteroatoms. The number of benzene rings is 1. The summed E-state index contributed by atoms with van der Waals surface area (Å²) in [6.45, 7) is 1.71. The Balaban J connectivity index is 0.00000242. The molecule has 0 saturated carbocycles. The van der Waals surface area contributed by atoms with Gasteiger partial charge in [0.05, 0.1) is 0 Å². The zero-order valence-corrected chi connectivity index (χ0v) is 15.6. The molecule has 0 radical (unpaired) electrons. The van der Waals surface area contributed by atoms with Crippen molar-refractivity contribution in [3.8, 4) is 0 Å². The van der Waals surface area contributed by atoms with Crippen molar-refractivity contribution in [3.05, 3.63) is 59.9 Å². The molecule has 0 spiro atoms. The topological polar surface area (TPSA) is 41.4 Å². The zero-order valence-electron chi connectivity index (χ0n) is 13.2. The lowest BCUT2D eigenvalue weighted by atomic mass is 10.1. The van der Waals surface area contributed by atoms with Crippen LogP contribution in [0, 0.1) is 0 Å². The third kappa shape index (κ3) is 6.51. The number of hydrogen-bond donors (Lipinski definition) is 2. The van der Waals surface area contributed by atoms with Gasteiger partial charge in [-0.1, -0.05) is 30.3 Å². The molecule has 0 amide bonds. The molecule has 2 aromatic rings. The summed E-state index contributed by atoms with van der Waals surface area (Å²) in [5.74, 6) is 0.854. The quantitative estimate of drug-likeness (QED) is 0.332. The maximum absolute atomic E-state index is 4.24. The largest absolute Gasteiger partial charge is 0.357 e. The predicted molar refractivity (Wildman–Crippen MR) is 104 cm³/mol. The van der Waals surface area contributed by atoms with Crippen molar-refractivity contribution in [1.82, 2.24) is 15.2 Å². The van der Waals surface area contributed by atoms with Gasteiger partial charge in [-0.25, -0.2) is 0 Å². The van der Waals surface area contributed by atoms with Gasteiger partial charge < -0.3 is 15.2 Å². The van der Waals surface area contributed by atoms with Gasteiger partial charge >= 0.3 is 0 Å². The summed E-state index contributed by atoms with van der Waals surface area (Å²) in [7, 11) is 3.83. The first-order valence-corrected chi connectivity index (χ1v) is 7.37. The second-order valence-corrected chi connectivity index (χ2v) is 5.13. The Bertz CT molecular complexity index is 563. The average Bonchev–Trinajstić information content (AvgIpc) is 2.93. The van der Waals surface area contributed by atoms with E-state index in [-0.39, 0.29) is 24.0 Å². The van der Waals surface area contributed by atoms with Crippen LogP contribution in [-0.2, 0) is 20.0 Å². The Morgan fingerprint density at radius 1 is 1.09 bits per heavy atom. The lowest BCUT2D eigenvalue weighted by Gasteiger charge is -2.11. The van der Waals surface area contributed by atoms with E-state index in [0.717, 1.165) is 31.9 Å². The van der Waals surface area contributed by atoms with Gasteiger partial charge in [0.1, 0.15) is 0 Å². The van der Waals surface area contributed by atoms with Crippen molar-refractivity contribution in [1.29, 1.82) is 0 Å². The Labute approximate surface area is 150 Å². The summed E-state index contributed by atoms with van der Waals surface area (Å²) in [5, 5.41) is 6.67. The smallest absolute Gasteiger partial charge is 0.191 e. The second kappa shape index (κ2) is 10.3. The molecule has 22 heavy (non-hydrogen) atoms. The first-order chi connectivity index (χ1) is 10.3. The lowest BCUT2D eigenvalue weighted by molar-refractivity contribution is 0.741. The fraction of sp³-hybridized carbons (Fsp3) is 0.353. The van der Waals surface area contributed by atoms with Crippen LogP contribution in [0.2, 0.25) is 0 Å². The van der Waals surface area contributed by atoms with E-state index < -0.39 is 0 Å². The molecular formula is C17H25IN4. The maximum atomic E-state index is 4.24. The predicted octanol–water partition coefficient (Wildman–Crippen LogP) is 2.94. The number of guanidine groups is 1. The van der Waals surface area contributed by atoms with Crippen LogP contribution in [0.25, 0.3) is 0 Å². The van der Waals surface area contributed by atoms with Crippen molar-refractivity contribution in [2.45, 2.75) is 19.4 Å². The molecule has 1 aromatic heterocycles. The van der Waals surface area contributed by atoms with Crippen molar-refractivity contribution >= 4 is 29.9 Å². The number of rotatable bonds is 6. The van der Waals surface area contributed by atoms with Crippen LogP contribution in [0.4, 0.5) is 0 Å². The summed E-state index contributed by atoms with van der Waals surface area (Å²) < 4.78 is 2.05. The minimum Gasteiger partial charge on any atom is -0.357 e. The molecule has 1 heterocycles. The van der Waals surface area contributed by atoms with Crippen molar-refractivity contribution in [2.24, 2.45) is 12.0 Å². The van der Waals surface area contributed by atoms with Crippen LogP contribution in [0.3, 0.4) is 0 Å². The molecule has 4 nitrogen and oxygen atoms in total. The summed E-state index contributed by atoms with van der Waals surface area (Å²) >= 11 is 0. The van der Waals surface area contributed by atoms with E-state index in [2.05, 4.69) is 58.2 Å². The van der Waals surface area contributed by atoms with Gasteiger partial charge in [-0.3, -0.25) is 4.99 Å². The summed E-state index contributed by atoms with van der Waals surface area (Å²) in [5.41, 5.74) is 2.64. The third-order valence-corrected chi connectivity index (χ3v) is 3.35. The molecule has 0 saturated heterocycles. The molecule has 0 aliphatic heterocycles. The molecule has 2 rings (SSSR count). The number of nitrogens with zero attached hydrogens (tertiary/aromatic N) is 2. The number of halogens is 1. The highest BCUT2D eigenvalue weighted by Crippen LogP contribution is 2.01. The van der Waals surface area contributed by atoms with Gasteiger partial charge in [0, 0.05) is 39.6 Å². The average molecular weight is 412 g/mol. The van der Waals surface area contributed by atoms with E-state index in [0.29, 0.717) is 0 Å². The number of aliphatic imine (C=N–C) groups is 1. The number of hydrogen-bond acceptors (Lipinski definition) is 1. The standard InChI is InChI=1S/C17H24N4.HI/c1-18-17(20-13-16-10-12-21(2)14-16)19-11-6-9-15-7-4-3-5-8-15;/h3-5,7-8,10,12,14H,6,9,11,13H2,1-2H3,(H2,18,19,20);1H. The Morgan fingerprint density at radius 2 is 1.86 bits per heavy atom. The summed E-state index contributed by atoms with van der Waals surface area (Å²) in [4.78, 5) is 4.24. The minimum atomic E-state index is 0. The fourth-order valence-corrected chi connectivity index (χ4v) is 2.22. The molecule has 0 bridgehead atoms. The first-order valence-electron chi connectivity index (χ1n) is 7.37. The van der Waals surface area contributed by atoms with Gasteiger partial charge in [-0.2, -0.15) is 0 Å². The van der Waals surface area contributed by atoms with Crippen LogP contribution in [0.1, 0.15) is 17.5 Å². The molecule has 1 aromatic carbocycles. The molecule has 0 atom stereocenters. The monoisotopic (exact) mass is 412 g/mol. The Kier molecular flexibility index (Phi) is 8.65. The van der Waals surface area contributed by atoms with E-state index in [4.69, 9.17) is 0 Å². The molecule has 0 fully saturated rings. The van der Waals surface area contributed by atoms with E-state index in [1.165, 1.54) is 11.1 Å². The summed E-state index contributed by atoms with van der Waals surface area (Å²) in [6.07, 6.45) is 6.34. The van der Waals surface area contributed by atoms with E-state index >= 15 is 0 Å². The van der Waals surface area contributed by atoms with Crippen molar-refractivity contribution < 1.29 is 0 Å². The van der Waals surface area contributed by atoms with Gasteiger partial charge in [0.25, 0.3) is 0 Å². The van der Waals surface area contributed by atoms with Crippen LogP contribution >= 0.6 is 24.0 Å². The SMILES string of the molecule is CN=C(NCCCc1ccccc1)NCc1ccn(C)c1.I. The van der Waals surface area contributed by atoms with E-state index in [1.807, 2.05) is 17.8 Å². The van der Waals surface area contributed by atoms with Crippen molar-refractivity contribution in [2.75, 3.05) is 13.6 Å². The van der Waals surface area contributed by atoms with E-state index in [1.54, 1.807) is 7.05 Å². The molecular weight excluding hydrogens is 387 g/mol. The lowest BCUT2D eigenvalue weighted by Crippen LogP contribution is -2.37. The fourth-order valence-electron chi connectivity index (χ4n) is 2.22. The number of aryl methyl sites for hydroxylation is 2. The highest BCUT2D eigenvalue weighted by atomic mass is 127. The van der Waals surface area contributed by atoms with Crippen LogP contribution in [0.15, 0.2) is 53.8 Å². The third-order valence-electron chi connectivity index (χ3n) is 3.35. The van der Waals surface area contributed by atoms with Crippen LogP contribution in [-0.4, -0.2) is 24.1 Å². The molecule has 0 aliphatic rings. The van der Waals surface area contributed by atoms with E-state index in [9.17, 15) is 0 Å². The highest BCUT2D eigenvalue weighted by Gasteiger charge is 1.99. The van der Waals surface area contributed by atoms with Gasteiger partial charge in [0.2, 0.25) is 0 Å². The van der Waals surface area contributed by atoms with Crippen LogP contribution < -0.4 is 10.6 Å².